The third kappa shape index (κ3) is 5.93. The van der Waals surface area contributed by atoms with Crippen LogP contribution in [0.3, 0.4) is 0 Å². The number of anilines is 1. The minimum Gasteiger partial charge on any atom is -0.381 e. The van der Waals surface area contributed by atoms with Crippen molar-refractivity contribution in [1.29, 1.82) is 0 Å². The fraction of sp³-hybridized carbons (Fsp3) is 0.133. The lowest BCUT2D eigenvalue weighted by Crippen LogP contribution is -2.35. The Morgan fingerprint density at radius 2 is 1.89 bits per heavy atom. The van der Waals surface area contributed by atoms with Crippen LogP contribution in [0, 0.1) is 24.2 Å². The molecule has 0 fully saturated rings. The summed E-state index contributed by atoms with van der Waals surface area (Å²) in [6.07, 6.45) is 10.1. The molecule has 1 aromatic carbocycles. The number of carbonyl (C=O) groups excluding carboxylic acids is 1. The van der Waals surface area contributed by atoms with Crippen molar-refractivity contribution in [1.82, 2.24) is 39.2 Å². The Balaban J connectivity index is 1.66. The number of allylic oxidation sites excluding steroid dienone is 4. The number of hydrogen-bond donors (Lipinski definition) is 2. The standard InChI is InChI=1S/C30H21B4N9O2/c1-4-19(31)24(33)25(34)20(32)15-42-27(16(2)38-29(44)23-26(35)40-43-14-6-12-36-28(23)43)39-21-8-5-7-17(22(21)30(42)45)9-10-18-11-13-37-41(18)3/h1,5-8,11-14,16H,15H2,2-3H3,(H2,35,40)(H,38,44)/b24-19-,25-20-/t16-/m1/s1. The molecule has 0 spiro atoms. The Labute approximate surface area is 263 Å². The molecule has 1 atom stereocenters. The molecule has 0 unspecified atom stereocenters. The van der Waals surface area contributed by atoms with Gasteiger partial charge in [-0.25, -0.2) is 14.5 Å². The number of aromatic nitrogens is 7. The molecular formula is C30H21B4N9O2. The number of terminal acetylenes is 1. The summed E-state index contributed by atoms with van der Waals surface area (Å²) < 4.78 is 4.28. The van der Waals surface area contributed by atoms with Crippen LogP contribution >= 0.6 is 0 Å². The lowest BCUT2D eigenvalue weighted by molar-refractivity contribution is 0.0939. The molecule has 0 bridgehead atoms. The Morgan fingerprint density at radius 1 is 1.11 bits per heavy atom. The number of carbonyl (C=O) groups is 1. The summed E-state index contributed by atoms with van der Waals surface area (Å²) >= 11 is 0. The number of benzene rings is 1. The number of nitrogens with one attached hydrogen (secondary N) is 1. The molecule has 8 radical (unpaired) electrons. The van der Waals surface area contributed by atoms with Crippen molar-refractivity contribution in [3.8, 4) is 24.2 Å². The Bertz CT molecular complexity index is 2230. The van der Waals surface area contributed by atoms with Gasteiger partial charge in [0.1, 0.15) is 48.5 Å². The minimum absolute atomic E-state index is 0.0109. The average Bonchev–Trinajstić information content (AvgIpc) is 3.60. The van der Waals surface area contributed by atoms with Gasteiger partial charge >= 0.3 is 0 Å². The number of nitrogen functional groups attached to an aromatic ring is 1. The summed E-state index contributed by atoms with van der Waals surface area (Å²) in [6.45, 7) is 1.38. The zero-order valence-corrected chi connectivity index (χ0v) is 24.3. The van der Waals surface area contributed by atoms with Crippen molar-refractivity contribution in [2.45, 2.75) is 19.5 Å². The van der Waals surface area contributed by atoms with E-state index in [1.54, 1.807) is 61.4 Å². The van der Waals surface area contributed by atoms with E-state index in [-0.39, 0.29) is 56.7 Å². The molecule has 11 nitrogen and oxygen atoms in total. The molecule has 5 rings (SSSR count). The Morgan fingerprint density at radius 3 is 2.60 bits per heavy atom. The maximum atomic E-state index is 14.2. The molecule has 0 aliphatic heterocycles. The van der Waals surface area contributed by atoms with Gasteiger partial charge in [0.15, 0.2) is 11.5 Å². The van der Waals surface area contributed by atoms with Gasteiger partial charge in [-0.1, -0.05) is 23.4 Å². The molecule has 0 saturated heterocycles. The maximum Gasteiger partial charge on any atom is 0.262 e. The first kappa shape index (κ1) is 30.8. The van der Waals surface area contributed by atoms with Gasteiger partial charge in [0.05, 0.1) is 23.1 Å². The van der Waals surface area contributed by atoms with E-state index >= 15 is 0 Å². The van der Waals surface area contributed by atoms with E-state index in [0.29, 0.717) is 16.8 Å². The summed E-state index contributed by atoms with van der Waals surface area (Å²) in [6, 6.07) is 7.65. The lowest BCUT2D eigenvalue weighted by Gasteiger charge is -2.21. The summed E-state index contributed by atoms with van der Waals surface area (Å²) in [5.41, 5.74) is 6.94. The van der Waals surface area contributed by atoms with E-state index in [9.17, 15) is 9.59 Å². The molecule has 0 saturated carbocycles. The topological polar surface area (TPSA) is 138 Å². The highest BCUT2D eigenvalue weighted by atomic mass is 16.2. The summed E-state index contributed by atoms with van der Waals surface area (Å²) in [5, 5.41) is 11.3. The molecule has 15 heteroatoms. The van der Waals surface area contributed by atoms with Crippen LogP contribution in [0.4, 0.5) is 5.82 Å². The van der Waals surface area contributed by atoms with Crippen molar-refractivity contribution < 1.29 is 4.79 Å². The monoisotopic (exact) mass is 583 g/mol. The van der Waals surface area contributed by atoms with Gasteiger partial charge in [-0.2, -0.15) is 5.10 Å². The van der Waals surface area contributed by atoms with Gasteiger partial charge < -0.3 is 11.1 Å². The number of nitrogens with two attached hydrogens (primary N) is 1. The van der Waals surface area contributed by atoms with Gasteiger partial charge in [0.25, 0.3) is 11.5 Å². The number of amides is 1. The van der Waals surface area contributed by atoms with Crippen LogP contribution < -0.4 is 16.6 Å². The number of fused-ring (bicyclic) bond motifs is 2. The fourth-order valence-corrected chi connectivity index (χ4v) is 4.60. The van der Waals surface area contributed by atoms with Crippen LogP contribution in [0.15, 0.2) is 75.6 Å². The van der Waals surface area contributed by atoms with Crippen LogP contribution in [0.5, 0.6) is 0 Å². The third-order valence-electron chi connectivity index (χ3n) is 6.95. The zero-order valence-electron chi connectivity index (χ0n) is 24.3. The first-order chi connectivity index (χ1) is 21.5. The third-order valence-corrected chi connectivity index (χ3v) is 6.95. The second-order valence-corrected chi connectivity index (χ2v) is 9.90. The molecule has 3 N–H and O–H groups in total. The van der Waals surface area contributed by atoms with Gasteiger partial charge in [0.2, 0.25) is 0 Å². The first-order valence-corrected chi connectivity index (χ1v) is 13.4. The van der Waals surface area contributed by atoms with Crippen molar-refractivity contribution >= 4 is 59.7 Å². The second kappa shape index (κ2) is 12.5. The van der Waals surface area contributed by atoms with E-state index in [1.807, 2.05) is 0 Å². The van der Waals surface area contributed by atoms with Gasteiger partial charge in [-0.15, -0.1) is 27.9 Å². The van der Waals surface area contributed by atoms with Crippen LogP contribution in [-0.2, 0) is 13.6 Å². The van der Waals surface area contributed by atoms with Gasteiger partial charge in [0, 0.05) is 31.5 Å². The molecule has 210 valence electrons. The Kier molecular flexibility index (Phi) is 8.55. The number of nitrogens with zero attached hydrogens (tertiary/aromatic N) is 7. The van der Waals surface area contributed by atoms with Crippen LogP contribution in [0.1, 0.15) is 40.4 Å². The maximum absolute atomic E-state index is 14.2. The highest BCUT2D eigenvalue weighted by molar-refractivity contribution is 6.44. The molecule has 5 aromatic rings. The molecule has 45 heavy (non-hydrogen) atoms. The first-order valence-electron chi connectivity index (χ1n) is 13.4. The molecule has 4 heterocycles. The number of rotatable bonds is 6. The van der Waals surface area contributed by atoms with Gasteiger partial charge in [-0.3, -0.25) is 18.8 Å². The van der Waals surface area contributed by atoms with Crippen molar-refractivity contribution in [3.63, 3.8) is 0 Å². The smallest absolute Gasteiger partial charge is 0.262 e. The average molecular weight is 583 g/mol. The highest BCUT2D eigenvalue weighted by Crippen LogP contribution is 2.21. The van der Waals surface area contributed by atoms with Crippen LogP contribution in [0.25, 0.3) is 16.6 Å². The Hall–Kier alpha value is -5.68. The van der Waals surface area contributed by atoms with Crippen molar-refractivity contribution in [2.75, 3.05) is 5.73 Å². The van der Waals surface area contributed by atoms with E-state index in [2.05, 4.69) is 38.3 Å². The molecule has 1 amide bonds. The summed E-state index contributed by atoms with van der Waals surface area (Å²) in [4.78, 5) is 36.7. The van der Waals surface area contributed by atoms with Crippen molar-refractivity contribution in [2.24, 2.45) is 7.05 Å². The van der Waals surface area contributed by atoms with Gasteiger partial charge in [-0.05, 0) is 37.1 Å². The second-order valence-electron chi connectivity index (χ2n) is 9.90. The predicted molar refractivity (Wildman–Crippen MR) is 174 cm³/mol. The molecular weight excluding hydrogens is 562 g/mol. The van der Waals surface area contributed by atoms with Crippen LogP contribution in [-0.4, -0.2) is 71.2 Å². The number of aryl methyl sites for hydroxylation is 1. The minimum atomic E-state index is -0.852. The van der Waals surface area contributed by atoms with Crippen LogP contribution in [0.2, 0.25) is 0 Å². The normalized spacial score (nSPS) is 12.9. The number of hydrogen-bond acceptors (Lipinski definition) is 7. The molecule has 4 aromatic heterocycles. The fourth-order valence-electron chi connectivity index (χ4n) is 4.60. The summed E-state index contributed by atoms with van der Waals surface area (Å²) in [7, 11) is 26.0. The lowest BCUT2D eigenvalue weighted by atomic mass is 9.66. The SMILES string of the molecule is [B]/C(C#C)=C([B])/C([B])=C(/[B])Cn1c([C@@H](C)NC(=O)c2c(N)nn3cccnc23)nc2cccc(C#Cc3ccnn3C)c2c1=O. The quantitative estimate of drug-likeness (QED) is 0.168. The highest BCUT2D eigenvalue weighted by Gasteiger charge is 2.24. The van der Waals surface area contributed by atoms with Crippen molar-refractivity contribution in [3.05, 3.63) is 104 Å². The largest absolute Gasteiger partial charge is 0.381 e. The zero-order chi connectivity index (χ0) is 32.4. The van der Waals surface area contributed by atoms with E-state index in [0.717, 1.165) is 0 Å². The molecule has 0 aliphatic carbocycles. The molecule has 0 aliphatic rings. The summed E-state index contributed by atoms with van der Waals surface area (Å²) in [5.74, 6) is 7.83. The van der Waals surface area contributed by atoms with E-state index < -0.39 is 17.5 Å². The van der Waals surface area contributed by atoms with E-state index in [1.165, 1.54) is 15.3 Å². The predicted octanol–water partition coefficient (Wildman–Crippen LogP) is 0.376. The van der Waals surface area contributed by atoms with E-state index in [4.69, 9.17) is 48.5 Å².